The van der Waals surface area contributed by atoms with Gasteiger partial charge in [0.15, 0.2) is 15.3 Å². The maximum absolute atomic E-state index is 12.8. The van der Waals surface area contributed by atoms with E-state index in [-0.39, 0.29) is 48.5 Å². The Labute approximate surface area is 185 Å². The Morgan fingerprint density at radius 1 is 1.10 bits per heavy atom. The molecule has 1 aromatic carbocycles. The van der Waals surface area contributed by atoms with Crippen LogP contribution in [-0.4, -0.2) is 39.3 Å². The molecule has 2 atom stereocenters. The number of carbonyl (C=O) groups excluding carboxylic acids is 2. The van der Waals surface area contributed by atoms with Gasteiger partial charge in [-0.05, 0) is 64.0 Å². The van der Waals surface area contributed by atoms with E-state index in [4.69, 9.17) is 9.47 Å². The minimum absolute atomic E-state index is 0.0374. The Bertz CT molecular complexity index is 896. The van der Waals surface area contributed by atoms with Gasteiger partial charge in [0.25, 0.3) is 0 Å². The van der Waals surface area contributed by atoms with E-state index in [2.05, 4.69) is 6.58 Å². The van der Waals surface area contributed by atoms with Gasteiger partial charge >= 0.3 is 11.9 Å². The number of hydrogen-bond donors (Lipinski definition) is 0. The van der Waals surface area contributed by atoms with Crippen LogP contribution in [0.1, 0.15) is 38.7 Å². The fraction of sp³-hybridized carbons (Fsp3) is 0.500. The molecule has 31 heavy (non-hydrogen) atoms. The Balaban J connectivity index is 2.25. The standard InChI is InChI=1S/C24H32O6S/c1-5-9-19-16-24(22(25)29-6-2,23(26)30-7-3)17-20(19)10-8-15-31(27,28)21-13-11-18(4)12-14-21/h5,8,10-14,19-20H,1,6-7,9,15-17H2,2-4H3/b10-8+/t19-,20-/m1/s1. The summed E-state index contributed by atoms with van der Waals surface area (Å²) >= 11 is 0. The van der Waals surface area contributed by atoms with Crippen molar-refractivity contribution < 1.29 is 27.5 Å². The van der Waals surface area contributed by atoms with Crippen molar-refractivity contribution >= 4 is 21.8 Å². The Kier molecular flexibility index (Phi) is 8.62. The number of allylic oxidation sites excluding steroid dienone is 2. The lowest BCUT2D eigenvalue weighted by Crippen LogP contribution is -2.40. The molecule has 6 nitrogen and oxygen atoms in total. The number of hydrogen-bond acceptors (Lipinski definition) is 6. The zero-order chi connectivity index (χ0) is 23.1. The van der Waals surface area contributed by atoms with E-state index < -0.39 is 27.2 Å². The molecule has 0 amide bonds. The van der Waals surface area contributed by atoms with Crippen molar-refractivity contribution in [2.75, 3.05) is 19.0 Å². The highest BCUT2D eigenvalue weighted by molar-refractivity contribution is 7.91. The topological polar surface area (TPSA) is 86.7 Å². The highest BCUT2D eigenvalue weighted by Crippen LogP contribution is 2.49. The molecule has 0 aromatic heterocycles. The number of ether oxygens (including phenoxy) is 2. The van der Waals surface area contributed by atoms with Crippen LogP contribution in [0.15, 0.2) is 54.0 Å². The van der Waals surface area contributed by atoms with Crippen molar-refractivity contribution in [1.29, 1.82) is 0 Å². The van der Waals surface area contributed by atoms with Crippen molar-refractivity contribution in [3.8, 4) is 0 Å². The lowest BCUT2D eigenvalue weighted by atomic mass is 9.84. The van der Waals surface area contributed by atoms with Gasteiger partial charge in [-0.15, -0.1) is 6.58 Å². The summed E-state index contributed by atoms with van der Waals surface area (Å²) in [4.78, 5) is 25.8. The molecule has 170 valence electrons. The number of carbonyl (C=O) groups is 2. The highest BCUT2D eigenvalue weighted by Gasteiger charge is 2.56. The lowest BCUT2D eigenvalue weighted by molar-refractivity contribution is -0.172. The van der Waals surface area contributed by atoms with E-state index in [0.29, 0.717) is 6.42 Å². The number of benzene rings is 1. The normalized spacial score (nSPS) is 20.5. The van der Waals surface area contributed by atoms with Gasteiger partial charge in [-0.3, -0.25) is 9.59 Å². The molecule has 1 fully saturated rings. The average molecular weight is 449 g/mol. The first-order chi connectivity index (χ1) is 14.7. The molecule has 1 aliphatic carbocycles. The van der Waals surface area contributed by atoms with Crippen LogP contribution in [0.2, 0.25) is 0 Å². The predicted octanol–water partition coefficient (Wildman–Crippen LogP) is 4.04. The van der Waals surface area contributed by atoms with Crippen molar-refractivity contribution in [2.24, 2.45) is 17.3 Å². The van der Waals surface area contributed by atoms with Crippen molar-refractivity contribution in [3.05, 3.63) is 54.6 Å². The van der Waals surface area contributed by atoms with Crippen LogP contribution in [0, 0.1) is 24.2 Å². The molecule has 7 heteroatoms. The van der Waals surface area contributed by atoms with Gasteiger partial charge in [-0.1, -0.05) is 35.9 Å². The van der Waals surface area contributed by atoms with Gasteiger partial charge in [0, 0.05) is 0 Å². The second kappa shape index (κ2) is 10.8. The summed E-state index contributed by atoms with van der Waals surface area (Å²) in [6.07, 6.45) is 6.28. The predicted molar refractivity (Wildman–Crippen MR) is 119 cm³/mol. The average Bonchev–Trinajstić information content (AvgIpc) is 3.09. The first kappa shape index (κ1) is 24.9. The molecular formula is C24H32O6S. The molecule has 2 rings (SSSR count). The molecule has 0 N–H and O–H groups in total. The van der Waals surface area contributed by atoms with E-state index in [0.717, 1.165) is 5.56 Å². The molecule has 1 saturated carbocycles. The smallest absolute Gasteiger partial charge is 0.323 e. The third-order valence-electron chi connectivity index (χ3n) is 5.68. The summed E-state index contributed by atoms with van der Waals surface area (Å²) < 4.78 is 35.7. The molecular weight excluding hydrogens is 416 g/mol. The van der Waals surface area contributed by atoms with E-state index in [9.17, 15) is 18.0 Å². The quantitative estimate of drug-likeness (QED) is 0.305. The lowest BCUT2D eigenvalue weighted by Gasteiger charge is -2.24. The highest BCUT2D eigenvalue weighted by atomic mass is 32.2. The Morgan fingerprint density at radius 2 is 1.68 bits per heavy atom. The van der Waals surface area contributed by atoms with E-state index in [1.807, 2.05) is 6.92 Å². The Hall–Kier alpha value is -2.41. The van der Waals surface area contributed by atoms with Crippen molar-refractivity contribution in [2.45, 2.75) is 44.9 Å². The third kappa shape index (κ3) is 5.85. The molecule has 1 aliphatic rings. The molecule has 1 aromatic rings. The summed E-state index contributed by atoms with van der Waals surface area (Å²) in [6, 6.07) is 6.73. The van der Waals surface area contributed by atoms with Crippen molar-refractivity contribution in [1.82, 2.24) is 0 Å². The molecule has 0 bridgehead atoms. The first-order valence-corrected chi connectivity index (χ1v) is 12.3. The second-order valence-electron chi connectivity index (χ2n) is 7.90. The largest absolute Gasteiger partial charge is 0.465 e. The fourth-order valence-corrected chi connectivity index (χ4v) is 5.21. The monoisotopic (exact) mass is 448 g/mol. The molecule has 0 heterocycles. The first-order valence-electron chi connectivity index (χ1n) is 10.6. The van der Waals surface area contributed by atoms with E-state index in [1.54, 1.807) is 56.3 Å². The molecule has 0 aliphatic heterocycles. The van der Waals surface area contributed by atoms with Crippen LogP contribution < -0.4 is 0 Å². The van der Waals surface area contributed by atoms with Gasteiger partial charge in [-0.2, -0.15) is 0 Å². The number of sulfone groups is 1. The number of aryl methyl sites for hydroxylation is 1. The summed E-state index contributed by atoms with van der Waals surface area (Å²) in [5, 5.41) is 0. The van der Waals surface area contributed by atoms with Crippen LogP contribution in [0.3, 0.4) is 0 Å². The van der Waals surface area contributed by atoms with Gasteiger partial charge in [0.2, 0.25) is 0 Å². The van der Waals surface area contributed by atoms with Crippen LogP contribution in [0.5, 0.6) is 0 Å². The van der Waals surface area contributed by atoms with Gasteiger partial charge in [0.1, 0.15) is 0 Å². The van der Waals surface area contributed by atoms with Crippen molar-refractivity contribution in [3.63, 3.8) is 0 Å². The SMILES string of the molecule is C=CC[C@@H]1CC(C(=O)OCC)(C(=O)OCC)C[C@H]1/C=C/CS(=O)(=O)c1ccc(C)cc1. The fourth-order valence-electron chi connectivity index (χ4n) is 4.10. The molecule has 0 radical (unpaired) electrons. The second-order valence-corrected chi connectivity index (χ2v) is 9.94. The van der Waals surface area contributed by atoms with Crippen LogP contribution in [0.4, 0.5) is 0 Å². The summed E-state index contributed by atoms with van der Waals surface area (Å²) in [5.74, 6) is -1.51. The Morgan fingerprint density at radius 3 is 2.19 bits per heavy atom. The third-order valence-corrected chi connectivity index (χ3v) is 7.30. The molecule has 0 saturated heterocycles. The van der Waals surface area contributed by atoms with Crippen LogP contribution >= 0.6 is 0 Å². The number of esters is 2. The summed E-state index contributed by atoms with van der Waals surface area (Å²) in [7, 11) is -3.47. The van der Waals surface area contributed by atoms with E-state index >= 15 is 0 Å². The minimum atomic E-state index is -3.47. The molecule has 0 unspecified atom stereocenters. The van der Waals surface area contributed by atoms with Gasteiger partial charge in [-0.25, -0.2) is 8.42 Å². The van der Waals surface area contributed by atoms with Gasteiger partial charge in [0.05, 0.1) is 23.9 Å². The van der Waals surface area contributed by atoms with Gasteiger partial charge < -0.3 is 9.47 Å². The summed E-state index contributed by atoms with van der Waals surface area (Å²) in [6.45, 7) is 9.41. The van der Waals surface area contributed by atoms with E-state index in [1.165, 1.54) is 0 Å². The number of rotatable bonds is 10. The van der Waals surface area contributed by atoms with Crippen LogP contribution in [-0.2, 0) is 28.9 Å². The molecule has 0 spiro atoms. The zero-order valence-corrected chi connectivity index (χ0v) is 19.3. The minimum Gasteiger partial charge on any atom is -0.465 e. The maximum atomic E-state index is 12.8. The van der Waals surface area contributed by atoms with Crippen LogP contribution in [0.25, 0.3) is 0 Å². The summed E-state index contributed by atoms with van der Waals surface area (Å²) in [5.41, 5.74) is -0.383. The zero-order valence-electron chi connectivity index (χ0n) is 18.5. The maximum Gasteiger partial charge on any atom is 0.323 e.